The number of ether oxygens (including phenoxy) is 1. The van der Waals surface area contributed by atoms with Crippen LogP contribution in [-0.2, 0) is 25.8 Å². The van der Waals surface area contributed by atoms with Crippen LogP contribution in [0.25, 0.3) is 0 Å². The molecule has 8 nitrogen and oxygen atoms in total. The fourth-order valence-corrected chi connectivity index (χ4v) is 8.36. The highest BCUT2D eigenvalue weighted by molar-refractivity contribution is 6.53. The van der Waals surface area contributed by atoms with Crippen molar-refractivity contribution in [2.75, 3.05) is 7.05 Å². The van der Waals surface area contributed by atoms with E-state index < -0.39 is 50.8 Å². The Labute approximate surface area is 254 Å². The van der Waals surface area contributed by atoms with Crippen LogP contribution in [0.4, 0.5) is 0 Å². The minimum Gasteiger partial charge on any atom is -0.508 e. The number of carbonyl (C=O) groups excluding carboxylic acids is 4. The summed E-state index contributed by atoms with van der Waals surface area (Å²) in [7, 11) is 1.33. The highest BCUT2D eigenvalue weighted by Gasteiger charge is 2.76. The molecular weight excluding hydrogens is 579 g/mol. The summed E-state index contributed by atoms with van der Waals surface area (Å²) in [5.74, 6) is -4.76. The lowest BCUT2D eigenvalue weighted by molar-refractivity contribution is -0.146. The second kappa shape index (κ2) is 9.58. The smallest absolute Gasteiger partial charge is 0.253 e. The van der Waals surface area contributed by atoms with Gasteiger partial charge in [0.1, 0.15) is 18.1 Å². The minimum atomic E-state index is -1.96. The topological polar surface area (TPSA) is 104 Å². The molecule has 1 N–H and O–H groups in total. The van der Waals surface area contributed by atoms with Crippen molar-refractivity contribution in [2.24, 2.45) is 17.8 Å². The molecule has 2 aliphatic carbocycles. The number of carbonyl (C=O) groups is 4. The maximum atomic E-state index is 13.9. The predicted molar refractivity (Wildman–Crippen MR) is 156 cm³/mol. The van der Waals surface area contributed by atoms with Crippen molar-refractivity contribution in [3.63, 3.8) is 0 Å². The zero-order valence-corrected chi connectivity index (χ0v) is 25.3. The normalized spacial score (nSPS) is 32.5. The van der Waals surface area contributed by atoms with E-state index in [0.29, 0.717) is 11.3 Å². The molecule has 220 valence electrons. The average Bonchev–Trinajstić information content (AvgIpc) is 3.28. The van der Waals surface area contributed by atoms with Crippen LogP contribution in [0.1, 0.15) is 50.7 Å². The Morgan fingerprint density at radius 3 is 2.31 bits per heavy atom. The molecule has 2 saturated heterocycles. The van der Waals surface area contributed by atoms with Gasteiger partial charge in [-0.15, -0.1) is 23.2 Å². The molecule has 0 radical (unpaired) electrons. The number of imide groups is 2. The first-order chi connectivity index (χ1) is 19.7. The number of likely N-dealkylation sites (tertiary alicyclic amines) is 2. The van der Waals surface area contributed by atoms with Crippen molar-refractivity contribution in [1.82, 2.24) is 9.80 Å². The first-order valence-electron chi connectivity index (χ1n) is 14.0. The number of benzene rings is 2. The summed E-state index contributed by atoms with van der Waals surface area (Å²) in [6.07, 6.45) is 2.03. The highest BCUT2D eigenvalue weighted by atomic mass is 35.5. The van der Waals surface area contributed by atoms with Crippen molar-refractivity contribution in [3.8, 4) is 11.5 Å². The summed E-state index contributed by atoms with van der Waals surface area (Å²) >= 11 is 14.4. The monoisotopic (exact) mass is 610 g/mol. The van der Waals surface area contributed by atoms with Gasteiger partial charge in [0.05, 0.1) is 11.8 Å². The van der Waals surface area contributed by atoms with E-state index >= 15 is 0 Å². The first kappa shape index (κ1) is 28.7. The van der Waals surface area contributed by atoms with Crippen LogP contribution < -0.4 is 4.74 Å². The number of fused-ring (bicyclic) bond motifs is 4. The number of phenolic OH excluding ortho intramolecular Hbond substituents is 1. The van der Waals surface area contributed by atoms with Gasteiger partial charge in [-0.25, -0.2) is 0 Å². The van der Waals surface area contributed by atoms with Gasteiger partial charge in [0, 0.05) is 30.1 Å². The number of rotatable bonds is 4. The van der Waals surface area contributed by atoms with E-state index in [9.17, 15) is 24.3 Å². The molecule has 2 aromatic rings. The van der Waals surface area contributed by atoms with Gasteiger partial charge in [0.15, 0.2) is 9.75 Å². The van der Waals surface area contributed by atoms with Gasteiger partial charge < -0.3 is 9.84 Å². The standard InChI is InChI=1S/C32H32Cl2N2O6/c1-30(2,3)36-26(38)21-13-12-19-22(24(21)27(36)39)15-31(33)28(40)35(4)29(41)32(31,34)25(19)20-11-10-18(14-23(20)37)42-16-17-8-6-5-7-9-17/h5-12,14,21-22,24-25,37H,13,15-16H2,1-4H3. The zero-order chi connectivity index (χ0) is 30.4. The van der Waals surface area contributed by atoms with E-state index in [-0.39, 0.29) is 42.6 Å². The molecule has 2 heterocycles. The van der Waals surface area contributed by atoms with Gasteiger partial charge in [-0.05, 0) is 51.2 Å². The molecule has 4 aliphatic rings. The van der Waals surface area contributed by atoms with Gasteiger partial charge in [-0.2, -0.15) is 0 Å². The van der Waals surface area contributed by atoms with Crippen molar-refractivity contribution in [2.45, 2.75) is 61.4 Å². The van der Waals surface area contributed by atoms with Gasteiger partial charge in [-0.1, -0.05) is 48.0 Å². The van der Waals surface area contributed by atoms with Crippen LogP contribution in [0.2, 0.25) is 0 Å². The van der Waals surface area contributed by atoms with Crippen LogP contribution >= 0.6 is 23.2 Å². The lowest BCUT2D eigenvalue weighted by atomic mass is 9.56. The van der Waals surface area contributed by atoms with Crippen LogP contribution in [0, 0.1) is 17.8 Å². The van der Waals surface area contributed by atoms with E-state index in [2.05, 4.69) is 0 Å². The Balaban J connectivity index is 1.45. The molecule has 6 atom stereocenters. The Morgan fingerprint density at radius 2 is 1.67 bits per heavy atom. The maximum Gasteiger partial charge on any atom is 0.253 e. The third kappa shape index (κ3) is 3.87. The summed E-state index contributed by atoms with van der Waals surface area (Å²) in [4.78, 5) is 53.0. The van der Waals surface area contributed by atoms with Gasteiger partial charge in [0.2, 0.25) is 11.8 Å². The number of nitrogens with zero attached hydrogens (tertiary/aromatic N) is 2. The molecule has 10 heteroatoms. The van der Waals surface area contributed by atoms with Gasteiger partial charge in [-0.3, -0.25) is 29.0 Å². The fourth-order valence-electron chi connectivity index (χ4n) is 7.35. The number of hydrogen-bond acceptors (Lipinski definition) is 6. The summed E-state index contributed by atoms with van der Waals surface area (Å²) in [5.41, 5.74) is 1.13. The predicted octanol–water partition coefficient (Wildman–Crippen LogP) is 4.76. The average molecular weight is 612 g/mol. The molecule has 42 heavy (non-hydrogen) atoms. The van der Waals surface area contributed by atoms with E-state index in [1.807, 2.05) is 36.4 Å². The quantitative estimate of drug-likeness (QED) is 0.304. The van der Waals surface area contributed by atoms with Crippen LogP contribution in [0.3, 0.4) is 0 Å². The minimum absolute atomic E-state index is 0.0908. The molecule has 6 rings (SSSR count). The Hall–Kier alpha value is -3.36. The van der Waals surface area contributed by atoms with Crippen molar-refractivity contribution < 1.29 is 29.0 Å². The highest BCUT2D eigenvalue weighted by Crippen LogP contribution is 2.66. The summed E-state index contributed by atoms with van der Waals surface area (Å²) in [6.45, 7) is 5.69. The Morgan fingerprint density at radius 1 is 0.976 bits per heavy atom. The van der Waals surface area contributed by atoms with Crippen LogP contribution in [0.15, 0.2) is 60.2 Å². The summed E-state index contributed by atoms with van der Waals surface area (Å²) in [5, 5.41) is 11.3. The largest absolute Gasteiger partial charge is 0.508 e. The molecule has 2 aliphatic heterocycles. The molecule has 0 aromatic heterocycles. The number of halogens is 2. The van der Waals surface area contributed by atoms with E-state index in [1.165, 1.54) is 18.0 Å². The number of amides is 4. The maximum absolute atomic E-state index is 13.9. The first-order valence-corrected chi connectivity index (χ1v) is 14.8. The number of phenols is 1. The number of hydrogen-bond donors (Lipinski definition) is 1. The van der Waals surface area contributed by atoms with Gasteiger partial charge >= 0.3 is 0 Å². The molecule has 0 bridgehead atoms. The Kier molecular flexibility index (Phi) is 6.55. The van der Waals surface area contributed by atoms with Crippen molar-refractivity contribution >= 4 is 46.8 Å². The molecule has 1 saturated carbocycles. The fraction of sp³-hybridized carbons (Fsp3) is 0.438. The molecule has 6 unspecified atom stereocenters. The molecule has 2 aromatic carbocycles. The molecule has 3 fully saturated rings. The third-order valence-corrected chi connectivity index (χ3v) is 10.7. The van der Waals surface area contributed by atoms with Crippen LogP contribution in [0.5, 0.6) is 11.5 Å². The molecule has 4 amide bonds. The van der Waals surface area contributed by atoms with E-state index in [4.69, 9.17) is 27.9 Å². The van der Waals surface area contributed by atoms with E-state index in [0.717, 1.165) is 10.5 Å². The second-order valence-corrected chi connectivity index (χ2v) is 13.9. The lowest BCUT2D eigenvalue weighted by Crippen LogP contribution is -2.60. The van der Waals surface area contributed by atoms with Gasteiger partial charge in [0.25, 0.3) is 11.8 Å². The number of aromatic hydroxyl groups is 1. The summed E-state index contributed by atoms with van der Waals surface area (Å²) in [6, 6.07) is 14.3. The van der Waals surface area contributed by atoms with Crippen molar-refractivity contribution in [3.05, 3.63) is 71.3 Å². The number of alkyl halides is 2. The lowest BCUT2D eigenvalue weighted by Gasteiger charge is -2.50. The molecule has 0 spiro atoms. The van der Waals surface area contributed by atoms with Crippen molar-refractivity contribution in [1.29, 1.82) is 0 Å². The second-order valence-electron chi connectivity index (χ2n) is 12.7. The van der Waals surface area contributed by atoms with E-state index in [1.54, 1.807) is 32.9 Å². The SMILES string of the molecule is CN1C(=O)C2(Cl)CC3C(=CCC4C(=O)N(C(C)(C)C)C(=O)C43)C(c3ccc(OCc4ccccc4)cc3O)C2(Cl)C1=O. The summed E-state index contributed by atoms with van der Waals surface area (Å²) < 4.78 is 5.88. The zero-order valence-electron chi connectivity index (χ0n) is 23.8. The third-order valence-electron chi connectivity index (χ3n) is 9.25. The molecular formula is C32H32Cl2N2O6. The number of allylic oxidation sites excluding steroid dienone is 2. The Bertz CT molecular complexity index is 1550. The van der Waals surface area contributed by atoms with Crippen LogP contribution in [-0.4, -0.2) is 60.9 Å².